The molecule has 0 saturated carbocycles. The number of fused-ring (bicyclic) bond motifs is 1. The van der Waals surface area contributed by atoms with Crippen LogP contribution in [0.3, 0.4) is 0 Å². The number of hydrogen-bond donors (Lipinski definition) is 3. The van der Waals surface area contributed by atoms with E-state index in [0.29, 0.717) is 5.58 Å². The second-order valence-electron chi connectivity index (χ2n) is 3.54. The number of hydrazine groups is 1. The van der Waals surface area contributed by atoms with Crippen molar-refractivity contribution in [3.8, 4) is 0 Å². The van der Waals surface area contributed by atoms with E-state index in [0.717, 1.165) is 11.1 Å². The van der Waals surface area contributed by atoms with Crippen LogP contribution in [0.15, 0.2) is 27.4 Å². The van der Waals surface area contributed by atoms with Crippen LogP contribution >= 0.6 is 0 Å². The maximum Gasteiger partial charge on any atom is 0.419 e. The van der Waals surface area contributed by atoms with Crippen LogP contribution in [-0.2, 0) is 7.05 Å². The summed E-state index contributed by atoms with van der Waals surface area (Å²) in [6.45, 7) is 0. The average molecular weight is 222 g/mol. The molecular weight excluding hydrogens is 208 g/mol. The summed E-state index contributed by atoms with van der Waals surface area (Å²) < 4.78 is 6.55. The SMILES string of the molecule is CNC(NN)c1ccc2c(c1)oc(=O)n2C. The van der Waals surface area contributed by atoms with E-state index in [-0.39, 0.29) is 11.9 Å². The minimum absolute atomic E-state index is 0.171. The van der Waals surface area contributed by atoms with Crippen LogP contribution in [-0.4, -0.2) is 11.6 Å². The van der Waals surface area contributed by atoms with Crippen molar-refractivity contribution in [2.24, 2.45) is 12.9 Å². The third-order valence-electron chi connectivity index (χ3n) is 2.61. The third kappa shape index (κ3) is 1.63. The normalized spacial score (nSPS) is 13.2. The molecule has 0 amide bonds. The molecule has 6 heteroatoms. The molecule has 0 aliphatic carbocycles. The number of rotatable bonds is 3. The van der Waals surface area contributed by atoms with Crippen molar-refractivity contribution in [1.29, 1.82) is 0 Å². The van der Waals surface area contributed by atoms with E-state index < -0.39 is 0 Å². The van der Waals surface area contributed by atoms with Crippen molar-refractivity contribution in [3.05, 3.63) is 34.3 Å². The van der Waals surface area contributed by atoms with Crippen LogP contribution in [0.1, 0.15) is 11.7 Å². The first-order chi connectivity index (χ1) is 7.67. The van der Waals surface area contributed by atoms with Gasteiger partial charge in [-0.1, -0.05) is 6.07 Å². The molecule has 1 atom stereocenters. The Balaban J connectivity index is 2.56. The number of hydrogen-bond acceptors (Lipinski definition) is 5. The second-order valence-corrected chi connectivity index (χ2v) is 3.54. The molecule has 0 saturated heterocycles. The summed E-state index contributed by atoms with van der Waals surface area (Å²) in [5.74, 6) is 5.02. The molecule has 0 radical (unpaired) electrons. The molecule has 0 spiro atoms. The number of oxazole rings is 1. The van der Waals surface area contributed by atoms with Gasteiger partial charge in [0.25, 0.3) is 0 Å². The fourth-order valence-corrected chi connectivity index (χ4v) is 1.68. The van der Waals surface area contributed by atoms with Gasteiger partial charge in [-0.05, 0) is 24.7 Å². The lowest BCUT2D eigenvalue weighted by Gasteiger charge is -2.14. The van der Waals surface area contributed by atoms with Crippen LogP contribution in [0.25, 0.3) is 11.1 Å². The molecule has 1 aromatic carbocycles. The lowest BCUT2D eigenvalue weighted by molar-refractivity contribution is 0.487. The summed E-state index contributed by atoms with van der Waals surface area (Å²) in [7, 11) is 3.46. The molecule has 0 aliphatic heterocycles. The monoisotopic (exact) mass is 222 g/mol. The van der Waals surface area contributed by atoms with Crippen LogP contribution in [0.5, 0.6) is 0 Å². The van der Waals surface area contributed by atoms with E-state index in [2.05, 4.69) is 10.7 Å². The van der Waals surface area contributed by atoms with E-state index in [1.165, 1.54) is 4.57 Å². The summed E-state index contributed by atoms with van der Waals surface area (Å²) >= 11 is 0. The van der Waals surface area contributed by atoms with Gasteiger partial charge in [-0.2, -0.15) is 0 Å². The Morgan fingerprint density at radius 3 is 2.88 bits per heavy atom. The summed E-state index contributed by atoms with van der Waals surface area (Å²) in [5, 5.41) is 2.99. The number of aromatic nitrogens is 1. The predicted molar refractivity (Wildman–Crippen MR) is 60.6 cm³/mol. The number of nitrogens with zero attached hydrogens (tertiary/aromatic N) is 1. The highest BCUT2D eigenvalue weighted by Gasteiger charge is 2.10. The zero-order valence-corrected chi connectivity index (χ0v) is 9.15. The zero-order chi connectivity index (χ0) is 11.7. The Morgan fingerprint density at radius 2 is 2.25 bits per heavy atom. The van der Waals surface area contributed by atoms with Crippen molar-refractivity contribution in [2.75, 3.05) is 7.05 Å². The van der Waals surface area contributed by atoms with Crippen LogP contribution < -0.4 is 22.3 Å². The third-order valence-corrected chi connectivity index (χ3v) is 2.61. The number of nitrogens with two attached hydrogens (primary N) is 1. The Morgan fingerprint density at radius 1 is 1.50 bits per heavy atom. The van der Waals surface area contributed by atoms with Crippen molar-refractivity contribution in [1.82, 2.24) is 15.3 Å². The smallest absolute Gasteiger partial charge is 0.408 e. The molecule has 4 N–H and O–H groups in total. The van der Waals surface area contributed by atoms with Gasteiger partial charge >= 0.3 is 5.76 Å². The fraction of sp³-hybridized carbons (Fsp3) is 0.300. The summed E-state index contributed by atoms with van der Waals surface area (Å²) in [4.78, 5) is 11.3. The average Bonchev–Trinajstić information content (AvgIpc) is 2.56. The van der Waals surface area contributed by atoms with Gasteiger partial charge in [0.1, 0.15) is 0 Å². The number of aryl methyl sites for hydroxylation is 1. The van der Waals surface area contributed by atoms with E-state index >= 15 is 0 Å². The largest absolute Gasteiger partial charge is 0.419 e. The Hall–Kier alpha value is -1.63. The van der Waals surface area contributed by atoms with Crippen molar-refractivity contribution in [2.45, 2.75) is 6.17 Å². The Labute approximate surface area is 92.0 Å². The molecule has 1 aromatic heterocycles. The van der Waals surface area contributed by atoms with Crippen LogP contribution in [0.4, 0.5) is 0 Å². The van der Waals surface area contributed by atoms with Gasteiger partial charge in [0.15, 0.2) is 5.58 Å². The van der Waals surface area contributed by atoms with Gasteiger partial charge in [-0.25, -0.2) is 10.2 Å². The summed E-state index contributed by atoms with van der Waals surface area (Å²) in [6.07, 6.45) is -0.171. The van der Waals surface area contributed by atoms with Crippen molar-refractivity contribution in [3.63, 3.8) is 0 Å². The molecular formula is C10H14N4O2. The van der Waals surface area contributed by atoms with E-state index in [9.17, 15) is 4.79 Å². The van der Waals surface area contributed by atoms with E-state index in [1.54, 1.807) is 20.2 Å². The van der Waals surface area contributed by atoms with Gasteiger partial charge in [-0.3, -0.25) is 10.4 Å². The number of benzene rings is 1. The lowest BCUT2D eigenvalue weighted by Crippen LogP contribution is -2.36. The predicted octanol–water partition coefficient (Wildman–Crippen LogP) is -0.187. The molecule has 0 fully saturated rings. The summed E-state index contributed by atoms with van der Waals surface area (Å²) in [6, 6.07) is 5.51. The highest BCUT2D eigenvalue weighted by Crippen LogP contribution is 2.17. The Kier molecular flexibility index (Phi) is 2.78. The fourth-order valence-electron chi connectivity index (χ4n) is 1.68. The van der Waals surface area contributed by atoms with Gasteiger partial charge in [0.05, 0.1) is 11.7 Å². The molecule has 6 nitrogen and oxygen atoms in total. The van der Waals surface area contributed by atoms with Crippen LogP contribution in [0.2, 0.25) is 0 Å². The standard InChI is InChI=1S/C10H14N4O2/c1-12-9(13-11)6-3-4-7-8(5-6)16-10(15)14(7)2/h3-5,9,12-13H,11H2,1-2H3. The van der Waals surface area contributed by atoms with Gasteiger partial charge in [-0.15, -0.1) is 0 Å². The maximum absolute atomic E-state index is 11.3. The minimum Gasteiger partial charge on any atom is -0.408 e. The quantitative estimate of drug-likeness (QED) is 0.381. The maximum atomic E-state index is 11.3. The molecule has 2 rings (SSSR count). The first kappa shape index (κ1) is 10.9. The first-order valence-corrected chi connectivity index (χ1v) is 4.90. The molecule has 1 heterocycles. The Bertz CT molecular complexity index is 553. The second kappa shape index (κ2) is 4.09. The van der Waals surface area contributed by atoms with Crippen molar-refractivity contribution < 1.29 is 4.42 Å². The van der Waals surface area contributed by atoms with Gasteiger partial charge < -0.3 is 9.73 Å². The zero-order valence-electron chi connectivity index (χ0n) is 9.15. The molecule has 1 unspecified atom stereocenters. The summed E-state index contributed by atoms with van der Waals surface area (Å²) in [5.41, 5.74) is 4.85. The molecule has 86 valence electrons. The molecule has 0 aliphatic rings. The van der Waals surface area contributed by atoms with Crippen molar-refractivity contribution >= 4 is 11.1 Å². The van der Waals surface area contributed by atoms with E-state index in [1.807, 2.05) is 12.1 Å². The highest BCUT2D eigenvalue weighted by molar-refractivity contribution is 5.73. The topological polar surface area (TPSA) is 85.2 Å². The minimum atomic E-state index is -0.367. The molecule has 0 bridgehead atoms. The van der Waals surface area contributed by atoms with Gasteiger partial charge in [0, 0.05) is 7.05 Å². The highest BCUT2D eigenvalue weighted by atomic mass is 16.4. The first-order valence-electron chi connectivity index (χ1n) is 4.90. The number of nitrogens with one attached hydrogen (secondary N) is 2. The lowest BCUT2D eigenvalue weighted by atomic mass is 10.1. The van der Waals surface area contributed by atoms with Crippen LogP contribution in [0, 0.1) is 0 Å². The van der Waals surface area contributed by atoms with E-state index in [4.69, 9.17) is 10.3 Å². The van der Waals surface area contributed by atoms with Gasteiger partial charge in [0.2, 0.25) is 0 Å². The molecule has 16 heavy (non-hydrogen) atoms. The molecule has 2 aromatic rings.